The molecule has 5 nitrogen and oxygen atoms in total. The van der Waals surface area contributed by atoms with Crippen molar-refractivity contribution in [1.29, 1.82) is 0 Å². The third kappa shape index (κ3) is 5.35. The minimum atomic E-state index is 0. The van der Waals surface area contributed by atoms with Gasteiger partial charge in [0, 0.05) is 42.6 Å². The van der Waals surface area contributed by atoms with Gasteiger partial charge in [0.05, 0.1) is 6.20 Å². The topological polar surface area (TPSA) is 72.4 Å². The Hall–Kier alpha value is -1.27. The lowest BCUT2D eigenvalue weighted by Crippen LogP contribution is -2.40. The molecule has 0 spiro atoms. The molecule has 1 aromatic carbocycles. The van der Waals surface area contributed by atoms with Crippen molar-refractivity contribution in [2.75, 3.05) is 13.1 Å². The molecular weight excluding hydrogens is 385 g/mol. The van der Waals surface area contributed by atoms with E-state index in [1.165, 1.54) is 0 Å². The van der Waals surface area contributed by atoms with Gasteiger partial charge in [-0.15, -0.1) is 24.8 Å². The third-order valence-corrected chi connectivity index (χ3v) is 4.46. The van der Waals surface area contributed by atoms with E-state index < -0.39 is 0 Å². The summed E-state index contributed by atoms with van der Waals surface area (Å²) in [6, 6.07) is 7.57. The minimum Gasteiger partial charge on any atom is -0.441 e. The van der Waals surface area contributed by atoms with Gasteiger partial charge in [0.25, 0.3) is 0 Å². The quantitative estimate of drug-likeness (QED) is 0.821. The van der Waals surface area contributed by atoms with E-state index in [0.29, 0.717) is 36.1 Å². The van der Waals surface area contributed by atoms with Crippen molar-refractivity contribution < 1.29 is 9.21 Å². The van der Waals surface area contributed by atoms with Crippen LogP contribution in [0.25, 0.3) is 11.3 Å². The molecule has 3 rings (SSSR count). The molecule has 8 heteroatoms. The number of nitrogens with zero attached hydrogens (tertiary/aromatic N) is 2. The summed E-state index contributed by atoms with van der Waals surface area (Å²) in [6.07, 6.45) is 4.62. The zero-order valence-electron chi connectivity index (χ0n) is 13.7. The number of halogens is 3. The SMILES string of the molecule is Cl.Cl.NCC1CCCN1C(=O)CCc1ncc(-c2ccc(Cl)cc2)o1. The number of amides is 1. The smallest absolute Gasteiger partial charge is 0.223 e. The van der Waals surface area contributed by atoms with Gasteiger partial charge < -0.3 is 15.1 Å². The predicted octanol–water partition coefficient (Wildman–Crippen LogP) is 3.72. The highest BCUT2D eigenvalue weighted by Crippen LogP contribution is 2.23. The summed E-state index contributed by atoms with van der Waals surface area (Å²) in [5.74, 6) is 1.39. The van der Waals surface area contributed by atoms with Crippen LogP contribution in [0.5, 0.6) is 0 Å². The van der Waals surface area contributed by atoms with Gasteiger partial charge >= 0.3 is 0 Å². The Balaban J connectivity index is 0.00000156. The minimum absolute atomic E-state index is 0. The van der Waals surface area contributed by atoms with Crippen LogP contribution in [-0.4, -0.2) is 34.9 Å². The normalized spacial score (nSPS) is 16.2. The maximum Gasteiger partial charge on any atom is 0.223 e. The van der Waals surface area contributed by atoms with Crippen molar-refractivity contribution in [1.82, 2.24) is 9.88 Å². The number of aryl methyl sites for hydroxylation is 1. The lowest BCUT2D eigenvalue weighted by atomic mass is 10.2. The summed E-state index contributed by atoms with van der Waals surface area (Å²) < 4.78 is 5.73. The zero-order chi connectivity index (χ0) is 16.2. The fourth-order valence-corrected chi connectivity index (χ4v) is 3.07. The molecule has 0 saturated carbocycles. The number of hydrogen-bond acceptors (Lipinski definition) is 4. The number of hydrogen-bond donors (Lipinski definition) is 1. The van der Waals surface area contributed by atoms with Crippen molar-refractivity contribution in [3.8, 4) is 11.3 Å². The van der Waals surface area contributed by atoms with E-state index in [1.807, 2.05) is 29.2 Å². The number of oxazole rings is 1. The first-order chi connectivity index (χ1) is 11.2. The maximum atomic E-state index is 12.3. The highest BCUT2D eigenvalue weighted by Gasteiger charge is 2.27. The summed E-state index contributed by atoms with van der Waals surface area (Å²) in [6.45, 7) is 1.34. The molecule has 1 aliphatic rings. The van der Waals surface area contributed by atoms with Crippen molar-refractivity contribution in [2.45, 2.75) is 31.7 Å². The van der Waals surface area contributed by atoms with Crippen molar-refractivity contribution in [3.05, 3.63) is 41.4 Å². The molecule has 2 heterocycles. The van der Waals surface area contributed by atoms with Gasteiger partial charge in [-0.3, -0.25) is 4.79 Å². The summed E-state index contributed by atoms with van der Waals surface area (Å²) in [4.78, 5) is 18.4. The first-order valence-electron chi connectivity index (χ1n) is 7.87. The molecule has 0 radical (unpaired) electrons. The Morgan fingerprint density at radius 1 is 1.32 bits per heavy atom. The van der Waals surface area contributed by atoms with Gasteiger partial charge in [0.2, 0.25) is 5.91 Å². The van der Waals surface area contributed by atoms with Crippen LogP contribution in [0, 0.1) is 0 Å². The molecule has 1 aliphatic heterocycles. The first kappa shape index (κ1) is 21.8. The van der Waals surface area contributed by atoms with E-state index in [4.69, 9.17) is 21.8 Å². The highest BCUT2D eigenvalue weighted by molar-refractivity contribution is 6.30. The zero-order valence-corrected chi connectivity index (χ0v) is 16.1. The lowest BCUT2D eigenvalue weighted by molar-refractivity contribution is -0.131. The Morgan fingerprint density at radius 2 is 2.04 bits per heavy atom. The Kier molecular flexibility index (Phi) is 8.73. The number of carbonyl (C=O) groups excluding carboxylic acids is 1. The Morgan fingerprint density at radius 3 is 2.72 bits per heavy atom. The lowest BCUT2D eigenvalue weighted by Gasteiger charge is -2.23. The van der Waals surface area contributed by atoms with Crippen molar-refractivity contribution >= 4 is 42.3 Å². The summed E-state index contributed by atoms with van der Waals surface area (Å²) >= 11 is 5.88. The number of aromatic nitrogens is 1. The number of carbonyl (C=O) groups is 1. The first-order valence-corrected chi connectivity index (χ1v) is 8.25. The molecule has 1 saturated heterocycles. The fourth-order valence-electron chi connectivity index (χ4n) is 2.94. The molecule has 2 N–H and O–H groups in total. The van der Waals surface area contributed by atoms with Crippen LogP contribution >= 0.6 is 36.4 Å². The van der Waals surface area contributed by atoms with Crippen LogP contribution in [0.4, 0.5) is 0 Å². The van der Waals surface area contributed by atoms with Crippen LogP contribution in [-0.2, 0) is 11.2 Å². The van der Waals surface area contributed by atoms with Crippen LogP contribution in [0.3, 0.4) is 0 Å². The summed E-state index contributed by atoms with van der Waals surface area (Å²) in [5, 5.41) is 0.680. The molecule has 1 fully saturated rings. The molecule has 25 heavy (non-hydrogen) atoms. The van der Waals surface area contributed by atoms with E-state index in [-0.39, 0.29) is 36.8 Å². The van der Waals surface area contributed by atoms with Gasteiger partial charge in [-0.2, -0.15) is 0 Å². The third-order valence-electron chi connectivity index (χ3n) is 4.20. The van der Waals surface area contributed by atoms with Crippen LogP contribution in [0.15, 0.2) is 34.9 Å². The van der Waals surface area contributed by atoms with Gasteiger partial charge in [0.15, 0.2) is 11.7 Å². The Labute approximate surface area is 164 Å². The highest BCUT2D eigenvalue weighted by atomic mass is 35.5. The fraction of sp³-hybridized carbons (Fsp3) is 0.412. The summed E-state index contributed by atoms with van der Waals surface area (Å²) in [7, 11) is 0. The Bertz CT molecular complexity index is 676. The van der Waals surface area contributed by atoms with Crippen molar-refractivity contribution in [3.63, 3.8) is 0 Å². The average Bonchev–Trinajstić information content (AvgIpc) is 3.22. The molecular formula is C17H22Cl3N3O2. The monoisotopic (exact) mass is 405 g/mol. The van der Waals surface area contributed by atoms with E-state index >= 15 is 0 Å². The molecule has 138 valence electrons. The van der Waals surface area contributed by atoms with Gasteiger partial charge in [-0.1, -0.05) is 11.6 Å². The molecule has 1 unspecified atom stereocenters. The molecule has 1 atom stereocenters. The summed E-state index contributed by atoms with van der Waals surface area (Å²) in [5.41, 5.74) is 6.63. The number of benzene rings is 1. The number of likely N-dealkylation sites (tertiary alicyclic amines) is 1. The second-order valence-electron chi connectivity index (χ2n) is 5.74. The van der Waals surface area contributed by atoms with Gasteiger partial charge in [0.1, 0.15) is 0 Å². The van der Waals surface area contributed by atoms with E-state index in [1.54, 1.807) is 6.20 Å². The number of rotatable bonds is 5. The average molecular weight is 407 g/mol. The second kappa shape index (κ2) is 10.0. The molecule has 0 aliphatic carbocycles. The molecule has 1 aromatic heterocycles. The van der Waals surface area contributed by atoms with Gasteiger partial charge in [-0.05, 0) is 37.1 Å². The maximum absolute atomic E-state index is 12.3. The largest absolute Gasteiger partial charge is 0.441 e. The molecule has 1 amide bonds. The van der Waals surface area contributed by atoms with Crippen molar-refractivity contribution in [2.24, 2.45) is 5.73 Å². The van der Waals surface area contributed by atoms with E-state index in [9.17, 15) is 4.79 Å². The second-order valence-corrected chi connectivity index (χ2v) is 6.18. The molecule has 0 bridgehead atoms. The van der Waals surface area contributed by atoms with E-state index in [0.717, 1.165) is 24.9 Å². The van der Waals surface area contributed by atoms with Crippen LogP contribution in [0.1, 0.15) is 25.2 Å². The van der Waals surface area contributed by atoms with Gasteiger partial charge in [-0.25, -0.2) is 4.98 Å². The van der Waals surface area contributed by atoms with Crippen LogP contribution in [0.2, 0.25) is 5.02 Å². The van der Waals surface area contributed by atoms with Crippen LogP contribution < -0.4 is 5.73 Å². The molecule has 2 aromatic rings. The standard InChI is InChI=1S/C17H20ClN3O2.2ClH/c18-13-5-3-12(4-6-13)15-11-20-16(23-15)7-8-17(22)21-9-1-2-14(21)10-19;;/h3-6,11,14H,1-2,7-10,19H2;2*1H. The van der Waals surface area contributed by atoms with E-state index in [2.05, 4.69) is 4.98 Å². The number of nitrogens with two attached hydrogens (primary N) is 1. The predicted molar refractivity (Wildman–Crippen MR) is 104 cm³/mol.